The van der Waals surface area contributed by atoms with Crippen LogP contribution in [0.3, 0.4) is 0 Å². The molecule has 0 atom stereocenters. The molecule has 1 aromatic heterocycles. The lowest BCUT2D eigenvalue weighted by Gasteiger charge is -2.14. The van der Waals surface area contributed by atoms with Crippen molar-refractivity contribution < 1.29 is 14.2 Å². The van der Waals surface area contributed by atoms with E-state index in [0.717, 1.165) is 36.0 Å². The van der Waals surface area contributed by atoms with E-state index in [2.05, 4.69) is 47.4 Å². The molecular weight excluding hydrogens is 400 g/mol. The summed E-state index contributed by atoms with van der Waals surface area (Å²) in [6.07, 6.45) is 2.94. The number of fused-ring (bicyclic) bond motifs is 1. The molecule has 0 spiro atoms. The SMILES string of the molecule is COc1cc(-c2[nH]c3ccc(-c4ccccc4)cc3c2CCCCN)cc(OC)c1OC. The lowest BCUT2D eigenvalue weighted by atomic mass is 9.97. The fourth-order valence-electron chi connectivity index (χ4n) is 4.24. The van der Waals surface area contributed by atoms with Gasteiger partial charge in [-0.3, -0.25) is 0 Å². The van der Waals surface area contributed by atoms with Gasteiger partial charge in [0.25, 0.3) is 0 Å². The van der Waals surface area contributed by atoms with Crippen molar-refractivity contribution in [2.75, 3.05) is 27.9 Å². The number of H-pyrrole nitrogens is 1. The van der Waals surface area contributed by atoms with E-state index in [-0.39, 0.29) is 0 Å². The molecule has 0 fully saturated rings. The van der Waals surface area contributed by atoms with E-state index in [1.165, 1.54) is 22.1 Å². The van der Waals surface area contributed by atoms with Gasteiger partial charge in [-0.2, -0.15) is 0 Å². The molecule has 4 aromatic rings. The highest BCUT2D eigenvalue weighted by atomic mass is 16.5. The fraction of sp³-hybridized carbons (Fsp3) is 0.259. The summed E-state index contributed by atoms with van der Waals surface area (Å²) in [6, 6.07) is 21.1. The van der Waals surface area contributed by atoms with Crippen molar-refractivity contribution in [1.82, 2.24) is 4.98 Å². The lowest BCUT2D eigenvalue weighted by molar-refractivity contribution is 0.324. The number of unbranched alkanes of at least 4 members (excludes halogenated alkanes) is 1. The molecule has 0 aliphatic carbocycles. The summed E-state index contributed by atoms with van der Waals surface area (Å²) in [5.41, 5.74) is 12.6. The van der Waals surface area contributed by atoms with E-state index in [0.29, 0.717) is 23.8 Å². The van der Waals surface area contributed by atoms with Crippen molar-refractivity contribution in [2.24, 2.45) is 5.73 Å². The van der Waals surface area contributed by atoms with Crippen LogP contribution in [0.1, 0.15) is 18.4 Å². The highest BCUT2D eigenvalue weighted by Gasteiger charge is 2.19. The fourth-order valence-corrected chi connectivity index (χ4v) is 4.24. The third kappa shape index (κ3) is 4.16. The third-order valence-electron chi connectivity index (χ3n) is 5.85. The Kier molecular flexibility index (Phi) is 6.66. The molecule has 0 saturated carbocycles. The second-order valence-electron chi connectivity index (χ2n) is 7.76. The van der Waals surface area contributed by atoms with Crippen LogP contribution in [-0.2, 0) is 6.42 Å². The number of aromatic nitrogens is 1. The summed E-state index contributed by atoms with van der Waals surface area (Å²) >= 11 is 0. The molecular formula is C27H30N2O3. The number of hydrogen-bond acceptors (Lipinski definition) is 4. The van der Waals surface area contributed by atoms with Crippen molar-refractivity contribution in [1.29, 1.82) is 0 Å². The summed E-state index contributed by atoms with van der Waals surface area (Å²) in [5.74, 6) is 1.86. The van der Waals surface area contributed by atoms with Crippen LogP contribution in [0.2, 0.25) is 0 Å². The molecule has 5 nitrogen and oxygen atoms in total. The van der Waals surface area contributed by atoms with Crippen LogP contribution in [0.5, 0.6) is 17.2 Å². The molecule has 0 bridgehead atoms. The Labute approximate surface area is 189 Å². The minimum absolute atomic E-state index is 0.589. The normalized spacial score (nSPS) is 11.0. The first-order valence-electron chi connectivity index (χ1n) is 10.9. The van der Waals surface area contributed by atoms with Crippen LogP contribution in [0.15, 0.2) is 60.7 Å². The van der Waals surface area contributed by atoms with Gasteiger partial charge in [-0.05, 0) is 66.8 Å². The maximum Gasteiger partial charge on any atom is 0.203 e. The van der Waals surface area contributed by atoms with Gasteiger partial charge in [-0.25, -0.2) is 0 Å². The summed E-state index contributed by atoms with van der Waals surface area (Å²) in [6.45, 7) is 0.692. The van der Waals surface area contributed by atoms with Crippen LogP contribution < -0.4 is 19.9 Å². The van der Waals surface area contributed by atoms with Gasteiger partial charge in [0.15, 0.2) is 11.5 Å². The Morgan fingerprint density at radius 1 is 0.750 bits per heavy atom. The Bertz CT molecular complexity index is 1170. The number of aromatic amines is 1. The number of ether oxygens (including phenoxy) is 3. The molecule has 3 N–H and O–H groups in total. The summed E-state index contributed by atoms with van der Waals surface area (Å²) in [5, 5.41) is 1.23. The Morgan fingerprint density at radius 3 is 2.09 bits per heavy atom. The van der Waals surface area contributed by atoms with Crippen molar-refractivity contribution in [3.63, 3.8) is 0 Å². The molecule has 166 valence electrons. The molecule has 0 saturated heterocycles. The summed E-state index contributed by atoms with van der Waals surface area (Å²) < 4.78 is 16.7. The molecule has 32 heavy (non-hydrogen) atoms. The smallest absolute Gasteiger partial charge is 0.203 e. The number of nitrogens with one attached hydrogen (secondary N) is 1. The highest BCUT2D eigenvalue weighted by Crippen LogP contribution is 2.43. The van der Waals surface area contributed by atoms with Gasteiger partial charge in [-0.15, -0.1) is 0 Å². The molecule has 0 aliphatic heterocycles. The van der Waals surface area contributed by atoms with E-state index in [4.69, 9.17) is 19.9 Å². The molecule has 0 unspecified atom stereocenters. The number of rotatable bonds is 9. The quantitative estimate of drug-likeness (QED) is 0.329. The van der Waals surface area contributed by atoms with Gasteiger partial charge in [-0.1, -0.05) is 36.4 Å². The lowest BCUT2D eigenvalue weighted by Crippen LogP contribution is -2.00. The van der Waals surface area contributed by atoms with Crippen LogP contribution >= 0.6 is 0 Å². The van der Waals surface area contributed by atoms with Crippen LogP contribution in [0.4, 0.5) is 0 Å². The van der Waals surface area contributed by atoms with E-state index in [9.17, 15) is 0 Å². The van der Waals surface area contributed by atoms with Crippen LogP contribution in [0.25, 0.3) is 33.3 Å². The molecule has 0 aliphatic rings. The van der Waals surface area contributed by atoms with E-state index in [1.807, 2.05) is 18.2 Å². The largest absolute Gasteiger partial charge is 0.493 e. The van der Waals surface area contributed by atoms with Gasteiger partial charge in [0, 0.05) is 22.2 Å². The first-order valence-corrected chi connectivity index (χ1v) is 10.9. The molecule has 1 heterocycles. The van der Waals surface area contributed by atoms with Gasteiger partial charge in [0.05, 0.1) is 21.3 Å². The van der Waals surface area contributed by atoms with Crippen LogP contribution in [0, 0.1) is 0 Å². The second-order valence-corrected chi connectivity index (χ2v) is 7.76. The molecule has 5 heteroatoms. The summed E-state index contributed by atoms with van der Waals surface area (Å²) in [7, 11) is 4.90. The van der Waals surface area contributed by atoms with E-state index < -0.39 is 0 Å². The van der Waals surface area contributed by atoms with Crippen molar-refractivity contribution in [3.8, 4) is 39.6 Å². The number of benzene rings is 3. The first kappa shape index (κ1) is 21.8. The number of aryl methyl sites for hydroxylation is 1. The molecule has 0 amide bonds. The average molecular weight is 431 g/mol. The maximum absolute atomic E-state index is 5.78. The minimum Gasteiger partial charge on any atom is -0.493 e. The first-order chi connectivity index (χ1) is 15.7. The van der Waals surface area contributed by atoms with Gasteiger partial charge >= 0.3 is 0 Å². The number of hydrogen-bond donors (Lipinski definition) is 2. The topological polar surface area (TPSA) is 69.5 Å². The van der Waals surface area contributed by atoms with Crippen molar-refractivity contribution in [2.45, 2.75) is 19.3 Å². The number of methoxy groups -OCH3 is 3. The summed E-state index contributed by atoms with van der Waals surface area (Å²) in [4.78, 5) is 3.64. The molecule has 0 radical (unpaired) electrons. The monoisotopic (exact) mass is 430 g/mol. The maximum atomic E-state index is 5.78. The van der Waals surface area contributed by atoms with Gasteiger partial charge in [0.2, 0.25) is 5.75 Å². The second kappa shape index (κ2) is 9.79. The predicted molar refractivity (Wildman–Crippen MR) is 131 cm³/mol. The average Bonchev–Trinajstić information content (AvgIpc) is 3.21. The Hall–Kier alpha value is -3.44. The van der Waals surface area contributed by atoms with Crippen molar-refractivity contribution in [3.05, 3.63) is 66.2 Å². The standard InChI is InChI=1S/C27H30N2O3/c1-30-24-16-20(17-25(31-2)27(24)32-3)26-21(11-7-8-14-28)22-15-19(12-13-23(22)29-26)18-9-5-4-6-10-18/h4-6,9-10,12-13,15-17,29H,7-8,11,14,28H2,1-3H3. The third-order valence-corrected chi connectivity index (χ3v) is 5.85. The predicted octanol–water partition coefficient (Wildman–Crippen LogP) is 5.81. The zero-order chi connectivity index (χ0) is 22.5. The zero-order valence-electron chi connectivity index (χ0n) is 18.9. The Balaban J connectivity index is 1.89. The van der Waals surface area contributed by atoms with Crippen molar-refractivity contribution >= 4 is 10.9 Å². The van der Waals surface area contributed by atoms with E-state index in [1.54, 1.807) is 21.3 Å². The van der Waals surface area contributed by atoms with Gasteiger partial charge in [0.1, 0.15) is 0 Å². The molecule has 4 rings (SSSR count). The minimum atomic E-state index is 0.589. The number of nitrogens with two attached hydrogens (primary N) is 1. The van der Waals surface area contributed by atoms with Gasteiger partial charge < -0.3 is 24.9 Å². The Morgan fingerprint density at radius 2 is 1.47 bits per heavy atom. The molecule has 3 aromatic carbocycles. The zero-order valence-corrected chi connectivity index (χ0v) is 18.9. The van der Waals surface area contributed by atoms with E-state index >= 15 is 0 Å². The van der Waals surface area contributed by atoms with Crippen LogP contribution in [-0.4, -0.2) is 32.9 Å². The highest BCUT2D eigenvalue weighted by molar-refractivity contribution is 5.94.